The third-order valence-electron chi connectivity index (χ3n) is 2.76. The van der Waals surface area contributed by atoms with Crippen LogP contribution in [0.5, 0.6) is 11.5 Å². The van der Waals surface area contributed by atoms with Gasteiger partial charge in [0.15, 0.2) is 17.2 Å². The first-order valence-electron chi connectivity index (χ1n) is 6.11. The quantitative estimate of drug-likeness (QED) is 0.934. The minimum atomic E-state index is -1.15. The lowest BCUT2D eigenvalue weighted by Gasteiger charge is -2.18. The molecular formula is C14H10ClNO4S. The van der Waals surface area contributed by atoms with E-state index in [0.717, 1.165) is 4.90 Å². The fourth-order valence-electron chi connectivity index (χ4n) is 1.84. The number of benzene rings is 1. The Balaban J connectivity index is 1.86. The predicted molar refractivity (Wildman–Crippen MR) is 77.8 cm³/mol. The average molecular weight is 324 g/mol. The lowest BCUT2D eigenvalue weighted by atomic mass is 10.3. The van der Waals surface area contributed by atoms with Gasteiger partial charge in [-0.3, -0.25) is 0 Å². The average Bonchev–Trinajstić information content (AvgIpc) is 2.49. The van der Waals surface area contributed by atoms with E-state index in [4.69, 9.17) is 26.2 Å². The summed E-state index contributed by atoms with van der Waals surface area (Å²) in [6.45, 7) is 1.06. The van der Waals surface area contributed by atoms with Gasteiger partial charge in [0.25, 0.3) is 0 Å². The van der Waals surface area contributed by atoms with Crippen molar-refractivity contribution >= 4 is 29.3 Å². The van der Waals surface area contributed by atoms with Crippen LogP contribution in [0.4, 0.5) is 0 Å². The van der Waals surface area contributed by atoms with Crippen LogP contribution in [0.3, 0.4) is 0 Å². The molecule has 0 bridgehead atoms. The number of nitrogens with zero attached hydrogens (tertiary/aromatic N) is 1. The van der Waals surface area contributed by atoms with E-state index >= 15 is 0 Å². The Morgan fingerprint density at radius 2 is 1.95 bits per heavy atom. The number of aromatic carboxylic acids is 1. The highest BCUT2D eigenvalue weighted by atomic mass is 35.5. The first-order chi connectivity index (χ1) is 10.1. The summed E-state index contributed by atoms with van der Waals surface area (Å²) in [4.78, 5) is 15.9. The molecule has 1 aromatic heterocycles. The number of fused-ring (bicyclic) bond motifs is 1. The molecule has 1 N–H and O–H groups in total. The van der Waals surface area contributed by atoms with E-state index in [0.29, 0.717) is 29.7 Å². The molecule has 2 heterocycles. The highest BCUT2D eigenvalue weighted by Gasteiger charge is 2.14. The number of pyridine rings is 1. The van der Waals surface area contributed by atoms with Gasteiger partial charge in [-0.25, -0.2) is 9.78 Å². The summed E-state index contributed by atoms with van der Waals surface area (Å²) in [5.74, 6) is 0.240. The Labute approximate surface area is 129 Å². The number of hydrogen-bond acceptors (Lipinski definition) is 5. The lowest BCUT2D eigenvalue weighted by molar-refractivity contribution is 0.0690. The van der Waals surface area contributed by atoms with Crippen molar-refractivity contribution in [1.82, 2.24) is 4.98 Å². The van der Waals surface area contributed by atoms with Crippen LogP contribution in [0.25, 0.3) is 0 Å². The molecular weight excluding hydrogens is 314 g/mol. The summed E-state index contributed by atoms with van der Waals surface area (Å²) < 4.78 is 11.0. The number of carboxylic acids is 1. The molecule has 1 aromatic carbocycles. The van der Waals surface area contributed by atoms with E-state index in [-0.39, 0.29) is 10.7 Å². The highest BCUT2D eigenvalue weighted by molar-refractivity contribution is 7.99. The lowest BCUT2D eigenvalue weighted by Crippen LogP contribution is -2.15. The standard InChI is InChI=1S/C14H10ClNO4S/c15-9-2-4-12(16-13(9)14(17)18)21-8-1-3-10-11(7-8)20-6-5-19-10/h1-4,7H,5-6H2,(H,17,18). The van der Waals surface area contributed by atoms with Gasteiger partial charge in [0, 0.05) is 4.90 Å². The largest absolute Gasteiger partial charge is 0.486 e. The van der Waals surface area contributed by atoms with Gasteiger partial charge in [-0.05, 0) is 30.3 Å². The van der Waals surface area contributed by atoms with E-state index < -0.39 is 5.97 Å². The second-order valence-corrected chi connectivity index (χ2v) is 5.69. The summed E-state index contributed by atoms with van der Waals surface area (Å²) in [7, 11) is 0. The van der Waals surface area contributed by atoms with Crippen LogP contribution in [-0.2, 0) is 0 Å². The molecule has 7 heteroatoms. The van der Waals surface area contributed by atoms with Gasteiger partial charge in [-0.1, -0.05) is 23.4 Å². The number of carboxylic acid groups (broad SMARTS) is 1. The van der Waals surface area contributed by atoms with Gasteiger partial charge in [0.1, 0.15) is 18.2 Å². The van der Waals surface area contributed by atoms with E-state index in [1.54, 1.807) is 6.07 Å². The summed E-state index contributed by atoms with van der Waals surface area (Å²) in [6.07, 6.45) is 0. The molecule has 1 aliphatic heterocycles. The molecule has 0 fully saturated rings. The Hall–Kier alpha value is -1.92. The molecule has 0 saturated carbocycles. The molecule has 2 aromatic rings. The maximum atomic E-state index is 11.0. The van der Waals surface area contributed by atoms with Crippen LogP contribution in [0.2, 0.25) is 5.02 Å². The Morgan fingerprint density at radius 1 is 1.19 bits per heavy atom. The molecule has 5 nitrogen and oxygen atoms in total. The van der Waals surface area contributed by atoms with Gasteiger partial charge in [0.05, 0.1) is 5.02 Å². The Bertz CT molecular complexity index is 707. The Kier molecular flexibility index (Phi) is 3.90. The number of hydrogen-bond donors (Lipinski definition) is 1. The molecule has 0 aliphatic carbocycles. The van der Waals surface area contributed by atoms with E-state index in [9.17, 15) is 4.79 Å². The summed E-state index contributed by atoms with van der Waals surface area (Å²) >= 11 is 7.13. The molecule has 0 unspecified atom stereocenters. The predicted octanol–water partition coefficient (Wildman–Crippen LogP) is 3.36. The second-order valence-electron chi connectivity index (χ2n) is 4.19. The minimum absolute atomic E-state index is 0.119. The smallest absolute Gasteiger partial charge is 0.356 e. The molecule has 0 atom stereocenters. The van der Waals surface area contributed by atoms with E-state index in [1.807, 2.05) is 18.2 Å². The SMILES string of the molecule is O=C(O)c1nc(Sc2ccc3c(c2)OCCO3)ccc1Cl. The van der Waals surface area contributed by atoms with Crippen molar-refractivity contribution in [3.8, 4) is 11.5 Å². The van der Waals surface area contributed by atoms with Gasteiger partial charge in [0.2, 0.25) is 0 Å². The number of ether oxygens (including phenoxy) is 2. The van der Waals surface area contributed by atoms with Crippen LogP contribution in [0.15, 0.2) is 40.3 Å². The zero-order chi connectivity index (χ0) is 14.8. The minimum Gasteiger partial charge on any atom is -0.486 e. The number of carbonyl (C=O) groups is 1. The van der Waals surface area contributed by atoms with Crippen LogP contribution < -0.4 is 9.47 Å². The molecule has 3 rings (SSSR count). The van der Waals surface area contributed by atoms with E-state index in [1.165, 1.54) is 17.8 Å². The molecule has 1 aliphatic rings. The van der Waals surface area contributed by atoms with Crippen molar-refractivity contribution in [2.45, 2.75) is 9.92 Å². The maximum absolute atomic E-state index is 11.0. The van der Waals surface area contributed by atoms with Crippen molar-refractivity contribution < 1.29 is 19.4 Å². The van der Waals surface area contributed by atoms with Crippen LogP contribution >= 0.6 is 23.4 Å². The molecule has 0 saturated heterocycles. The van der Waals surface area contributed by atoms with Crippen molar-refractivity contribution in [2.24, 2.45) is 0 Å². The first-order valence-corrected chi connectivity index (χ1v) is 7.30. The number of aromatic nitrogens is 1. The van der Waals surface area contributed by atoms with Crippen LogP contribution in [0, 0.1) is 0 Å². The van der Waals surface area contributed by atoms with Crippen LogP contribution in [-0.4, -0.2) is 29.3 Å². The topological polar surface area (TPSA) is 68.7 Å². The molecule has 0 radical (unpaired) electrons. The third kappa shape index (κ3) is 3.06. The summed E-state index contributed by atoms with van der Waals surface area (Å²) in [5.41, 5.74) is -0.154. The van der Waals surface area contributed by atoms with Gasteiger partial charge in [-0.15, -0.1) is 0 Å². The van der Waals surface area contributed by atoms with Crippen molar-refractivity contribution in [2.75, 3.05) is 13.2 Å². The normalized spacial score (nSPS) is 13.0. The fourth-order valence-corrected chi connectivity index (χ4v) is 2.84. The second kappa shape index (κ2) is 5.83. The van der Waals surface area contributed by atoms with Crippen molar-refractivity contribution in [1.29, 1.82) is 0 Å². The maximum Gasteiger partial charge on any atom is 0.356 e. The van der Waals surface area contributed by atoms with Gasteiger partial charge in [-0.2, -0.15) is 0 Å². The monoisotopic (exact) mass is 323 g/mol. The highest BCUT2D eigenvalue weighted by Crippen LogP contribution is 2.36. The summed E-state index contributed by atoms with van der Waals surface area (Å²) in [6, 6.07) is 8.74. The first kappa shape index (κ1) is 14.0. The zero-order valence-electron chi connectivity index (χ0n) is 10.7. The molecule has 0 amide bonds. The fraction of sp³-hybridized carbons (Fsp3) is 0.143. The van der Waals surface area contributed by atoms with Crippen molar-refractivity contribution in [3.05, 3.63) is 41.0 Å². The van der Waals surface area contributed by atoms with Crippen molar-refractivity contribution in [3.63, 3.8) is 0 Å². The van der Waals surface area contributed by atoms with Crippen LogP contribution in [0.1, 0.15) is 10.5 Å². The van der Waals surface area contributed by atoms with Gasteiger partial charge >= 0.3 is 5.97 Å². The summed E-state index contributed by atoms with van der Waals surface area (Å²) in [5, 5.41) is 9.69. The third-order valence-corrected chi connectivity index (χ3v) is 3.99. The van der Waals surface area contributed by atoms with Gasteiger partial charge < -0.3 is 14.6 Å². The van der Waals surface area contributed by atoms with E-state index in [2.05, 4.69) is 4.98 Å². The number of halogens is 1. The zero-order valence-corrected chi connectivity index (χ0v) is 12.3. The molecule has 0 spiro atoms. The number of rotatable bonds is 3. The molecule has 108 valence electrons. The Morgan fingerprint density at radius 3 is 2.71 bits per heavy atom. The molecule has 21 heavy (non-hydrogen) atoms.